The van der Waals surface area contributed by atoms with Crippen molar-refractivity contribution in [1.29, 1.82) is 0 Å². The third-order valence-corrected chi connectivity index (χ3v) is 9.67. The van der Waals surface area contributed by atoms with Crippen molar-refractivity contribution in [3.63, 3.8) is 0 Å². The van der Waals surface area contributed by atoms with Gasteiger partial charge in [-0.3, -0.25) is 14.6 Å². The third kappa shape index (κ3) is 3.92. The van der Waals surface area contributed by atoms with E-state index in [1.165, 1.54) is 0 Å². The Morgan fingerprint density at radius 2 is 1.87 bits per heavy atom. The molecule has 4 saturated carbocycles. The van der Waals surface area contributed by atoms with E-state index in [1.54, 1.807) is 17.2 Å². The fraction of sp³-hybridized carbons (Fsp3) is 0.552. The predicted molar refractivity (Wildman–Crippen MR) is 134 cm³/mol. The van der Waals surface area contributed by atoms with Crippen LogP contribution in [0.2, 0.25) is 0 Å². The molecule has 5 fully saturated rings. The molecule has 2 atom stereocenters. The third-order valence-electron chi connectivity index (χ3n) is 9.67. The highest BCUT2D eigenvalue weighted by Gasteiger charge is 2.91. The Labute approximate surface area is 223 Å². The van der Waals surface area contributed by atoms with Crippen LogP contribution in [0.15, 0.2) is 30.5 Å². The summed E-state index contributed by atoms with van der Waals surface area (Å²) in [5, 5.41) is 6.38. The molecule has 2 aromatic rings. The van der Waals surface area contributed by atoms with Crippen LogP contribution in [-0.4, -0.2) is 39.3 Å². The minimum atomic E-state index is -4.65. The number of hydrogen-bond acceptors (Lipinski definition) is 4. The molecule has 206 valence electrons. The van der Waals surface area contributed by atoms with E-state index >= 15 is 0 Å². The Hall–Kier alpha value is -3.17. The number of benzene rings is 1. The summed E-state index contributed by atoms with van der Waals surface area (Å²) < 4.78 is 54.2. The van der Waals surface area contributed by atoms with Crippen molar-refractivity contribution >= 4 is 17.5 Å². The largest absolute Gasteiger partial charge is 0.416 e. The first-order chi connectivity index (χ1) is 18.5. The van der Waals surface area contributed by atoms with Crippen molar-refractivity contribution in [3.8, 4) is 0 Å². The summed E-state index contributed by atoms with van der Waals surface area (Å²) >= 11 is 0. The average molecular weight is 543 g/mol. The van der Waals surface area contributed by atoms with Gasteiger partial charge >= 0.3 is 6.18 Å². The molecule has 7 rings (SSSR count). The molecule has 1 aromatic carbocycles. The van der Waals surface area contributed by atoms with Gasteiger partial charge in [0.05, 0.1) is 34.6 Å². The van der Waals surface area contributed by atoms with Gasteiger partial charge in [0.2, 0.25) is 5.91 Å². The van der Waals surface area contributed by atoms with E-state index in [0.29, 0.717) is 35.5 Å². The average Bonchev–Trinajstić information content (AvgIpc) is 3.79. The highest BCUT2D eigenvalue weighted by atomic mass is 19.4. The van der Waals surface area contributed by atoms with Crippen LogP contribution in [0.4, 0.5) is 23.2 Å². The summed E-state index contributed by atoms with van der Waals surface area (Å²) in [6.45, 7) is 1.83. The molecule has 0 radical (unpaired) electrons. The molecule has 2 N–H and O–H groups in total. The molecular weight excluding hydrogens is 512 g/mol. The molecule has 0 unspecified atom stereocenters. The standard InChI is InChI=1S/C29H30F4N4O2/c1-15-9-20(22(12-34-15)35-18-3-2-4-18)26(39)37-23(11-27-13-28(27,37)14-27)25(38)36-24(16-5-6-16)19-8-7-17(10-21(19)30)29(31,32)33/h7-10,12,16,18,23-24,35H,2-6,11,13-14H2,1H3,(H,36,38)/t23-,24-,27?,28?/m1/s1. The molecule has 0 spiro atoms. The minimum absolute atomic E-state index is 0.0248. The lowest BCUT2D eigenvalue weighted by Crippen LogP contribution is -2.52. The van der Waals surface area contributed by atoms with Gasteiger partial charge in [0.1, 0.15) is 11.9 Å². The van der Waals surface area contributed by atoms with Crippen molar-refractivity contribution < 1.29 is 27.2 Å². The lowest BCUT2D eigenvalue weighted by Gasteiger charge is -2.35. The summed E-state index contributed by atoms with van der Waals surface area (Å²) in [4.78, 5) is 33.9. The highest BCUT2D eigenvalue weighted by molar-refractivity contribution is 6.04. The zero-order valence-corrected chi connectivity index (χ0v) is 21.6. The van der Waals surface area contributed by atoms with Crippen molar-refractivity contribution in [2.45, 2.75) is 88.1 Å². The van der Waals surface area contributed by atoms with Gasteiger partial charge in [-0.1, -0.05) is 6.07 Å². The zero-order chi connectivity index (χ0) is 27.3. The summed E-state index contributed by atoms with van der Waals surface area (Å²) in [7, 11) is 0. The van der Waals surface area contributed by atoms with Crippen molar-refractivity contribution in [3.05, 3.63) is 58.7 Å². The van der Waals surface area contributed by atoms with Crippen LogP contribution >= 0.6 is 0 Å². The molecule has 5 aliphatic rings. The smallest absolute Gasteiger partial charge is 0.380 e. The first-order valence-electron chi connectivity index (χ1n) is 13.8. The molecule has 2 heterocycles. The number of pyridine rings is 1. The number of carbonyl (C=O) groups excluding carboxylic acids is 2. The van der Waals surface area contributed by atoms with Crippen LogP contribution in [0.1, 0.15) is 84.6 Å². The highest BCUT2D eigenvalue weighted by Crippen LogP contribution is 2.87. The maximum Gasteiger partial charge on any atom is 0.416 e. The van der Waals surface area contributed by atoms with E-state index in [-0.39, 0.29) is 34.2 Å². The van der Waals surface area contributed by atoms with E-state index in [1.807, 2.05) is 6.92 Å². The number of hydrogen-bond donors (Lipinski definition) is 2. The molecule has 39 heavy (non-hydrogen) atoms. The topological polar surface area (TPSA) is 74.3 Å². The van der Waals surface area contributed by atoms with E-state index in [9.17, 15) is 27.2 Å². The number of anilines is 1. The van der Waals surface area contributed by atoms with Gasteiger partial charge in [0, 0.05) is 22.7 Å². The maximum atomic E-state index is 14.9. The Kier molecular flexibility index (Phi) is 5.21. The van der Waals surface area contributed by atoms with Crippen LogP contribution in [0.25, 0.3) is 0 Å². The second kappa shape index (κ2) is 8.17. The quantitative estimate of drug-likeness (QED) is 0.452. The lowest BCUT2D eigenvalue weighted by atomic mass is 9.92. The Morgan fingerprint density at radius 1 is 1.13 bits per heavy atom. The lowest BCUT2D eigenvalue weighted by molar-refractivity contribution is -0.137. The van der Waals surface area contributed by atoms with Gasteiger partial charge in [0.25, 0.3) is 5.91 Å². The molecular formula is C29H30F4N4O2. The van der Waals surface area contributed by atoms with Crippen LogP contribution in [0, 0.1) is 24.1 Å². The van der Waals surface area contributed by atoms with Crippen LogP contribution in [0.5, 0.6) is 0 Å². The first-order valence-corrected chi connectivity index (χ1v) is 13.8. The predicted octanol–water partition coefficient (Wildman–Crippen LogP) is 5.53. The van der Waals surface area contributed by atoms with Crippen molar-refractivity contribution in [1.82, 2.24) is 15.2 Å². The van der Waals surface area contributed by atoms with E-state index < -0.39 is 29.6 Å². The fourth-order valence-electron chi connectivity index (χ4n) is 6.88. The SMILES string of the molecule is Cc1cc(C(=O)N2[C@@H](C(=O)N[C@@H](c3ccc(C(F)(F)F)cc3F)C3CC3)CC34CC23C4)c(NC2CCC2)cn1. The van der Waals surface area contributed by atoms with Gasteiger partial charge in [0.15, 0.2) is 0 Å². The summed E-state index contributed by atoms with van der Waals surface area (Å²) in [5.41, 5.74) is 0.553. The molecule has 2 amide bonds. The molecule has 4 aliphatic carbocycles. The van der Waals surface area contributed by atoms with E-state index in [0.717, 1.165) is 57.1 Å². The number of nitrogens with zero attached hydrogens (tertiary/aromatic N) is 2. The van der Waals surface area contributed by atoms with Crippen LogP contribution in [-0.2, 0) is 11.0 Å². The van der Waals surface area contributed by atoms with Gasteiger partial charge in [-0.15, -0.1) is 0 Å². The Bertz CT molecular complexity index is 1380. The number of alkyl halides is 3. The monoisotopic (exact) mass is 542 g/mol. The summed E-state index contributed by atoms with van der Waals surface area (Å²) in [5.74, 6) is -1.61. The van der Waals surface area contributed by atoms with E-state index in [2.05, 4.69) is 15.6 Å². The van der Waals surface area contributed by atoms with Crippen LogP contribution in [0.3, 0.4) is 0 Å². The van der Waals surface area contributed by atoms with Gasteiger partial charge in [-0.2, -0.15) is 13.2 Å². The minimum Gasteiger partial charge on any atom is -0.380 e. The Balaban J connectivity index is 1.15. The first kappa shape index (κ1) is 24.8. The van der Waals surface area contributed by atoms with Crippen LogP contribution < -0.4 is 10.6 Å². The van der Waals surface area contributed by atoms with Gasteiger partial charge < -0.3 is 15.5 Å². The van der Waals surface area contributed by atoms with Gasteiger partial charge in [-0.05, 0) is 82.4 Å². The second-order valence-corrected chi connectivity index (χ2v) is 12.3. The number of rotatable bonds is 7. The second-order valence-electron chi connectivity index (χ2n) is 12.3. The number of likely N-dealkylation sites (tertiary alicyclic amines) is 1. The summed E-state index contributed by atoms with van der Waals surface area (Å²) in [6, 6.07) is 3.11. The molecule has 0 bridgehead atoms. The fourth-order valence-corrected chi connectivity index (χ4v) is 6.88. The molecule has 1 saturated heterocycles. The number of aryl methyl sites for hydroxylation is 1. The maximum absolute atomic E-state index is 14.9. The number of carbonyl (C=O) groups is 2. The Morgan fingerprint density at radius 3 is 2.49 bits per heavy atom. The number of nitrogens with one attached hydrogen (secondary N) is 2. The number of halogens is 4. The number of amides is 2. The summed E-state index contributed by atoms with van der Waals surface area (Å²) in [6.07, 6.45) is 4.05. The number of aromatic nitrogens is 1. The number of piperidine rings is 2. The zero-order valence-electron chi connectivity index (χ0n) is 21.6. The normalized spacial score (nSPS) is 29.7. The van der Waals surface area contributed by atoms with Crippen molar-refractivity contribution in [2.75, 3.05) is 5.32 Å². The van der Waals surface area contributed by atoms with Crippen molar-refractivity contribution in [2.24, 2.45) is 11.3 Å². The molecule has 6 nitrogen and oxygen atoms in total. The molecule has 10 heteroatoms. The van der Waals surface area contributed by atoms with Gasteiger partial charge in [-0.25, -0.2) is 4.39 Å². The molecule has 1 aromatic heterocycles. The van der Waals surface area contributed by atoms with E-state index in [4.69, 9.17) is 0 Å². The molecule has 1 aliphatic heterocycles.